The lowest BCUT2D eigenvalue weighted by atomic mass is 10.1. The van der Waals surface area contributed by atoms with Crippen LogP contribution in [0.1, 0.15) is 24.1 Å². The van der Waals surface area contributed by atoms with Crippen LogP contribution in [0.25, 0.3) is 0 Å². The molecule has 38 heavy (non-hydrogen) atoms. The average molecular weight is 528 g/mol. The zero-order valence-corrected chi connectivity index (χ0v) is 21.9. The molecule has 6 nitrogen and oxygen atoms in total. The molecule has 0 fully saturated rings. The smallest absolute Gasteiger partial charge is 0.240 e. The molecule has 0 aliphatic carbocycles. The molecule has 0 aliphatic heterocycles. The standard InChI is InChI=1S/C31H30ClN3O3/c1-23(25-12-4-2-5-13-25)34-31(37)22-35(21-30(36)33-20-24-11-10-14-26(32)19-24)28-17-8-9-18-29(28)38-27-15-6-3-7-16-27/h2-19,23H,20-22H2,1H3,(H,33,36)(H,34,37). The Balaban J connectivity index is 1.51. The van der Waals surface area contributed by atoms with E-state index in [0.717, 1.165) is 11.1 Å². The van der Waals surface area contributed by atoms with Crippen LogP contribution in [0.3, 0.4) is 0 Å². The lowest BCUT2D eigenvalue weighted by molar-refractivity contribution is -0.121. The Morgan fingerprint density at radius 1 is 0.816 bits per heavy atom. The predicted octanol–water partition coefficient (Wildman–Crippen LogP) is 6.13. The van der Waals surface area contributed by atoms with Gasteiger partial charge in [-0.1, -0.05) is 84.4 Å². The van der Waals surface area contributed by atoms with Gasteiger partial charge in [-0.15, -0.1) is 0 Å². The van der Waals surface area contributed by atoms with Crippen LogP contribution in [-0.2, 0) is 16.1 Å². The Morgan fingerprint density at radius 3 is 2.21 bits per heavy atom. The molecular formula is C31H30ClN3O3. The second-order valence-electron chi connectivity index (χ2n) is 8.85. The van der Waals surface area contributed by atoms with E-state index in [0.29, 0.717) is 28.8 Å². The first-order valence-corrected chi connectivity index (χ1v) is 12.8. The summed E-state index contributed by atoms with van der Waals surface area (Å²) >= 11 is 6.07. The fourth-order valence-electron chi connectivity index (χ4n) is 4.01. The Bertz CT molecular complexity index is 1350. The van der Waals surface area contributed by atoms with E-state index >= 15 is 0 Å². The molecule has 0 aromatic heterocycles. The molecular weight excluding hydrogens is 498 g/mol. The first kappa shape index (κ1) is 26.8. The summed E-state index contributed by atoms with van der Waals surface area (Å²) in [6.45, 7) is 2.19. The van der Waals surface area contributed by atoms with Crippen molar-refractivity contribution in [3.8, 4) is 11.5 Å². The van der Waals surface area contributed by atoms with Gasteiger partial charge in [-0.05, 0) is 54.4 Å². The SMILES string of the molecule is CC(NC(=O)CN(CC(=O)NCc1cccc(Cl)c1)c1ccccc1Oc1ccccc1)c1ccccc1. The van der Waals surface area contributed by atoms with Crippen LogP contribution < -0.4 is 20.3 Å². The number of nitrogens with one attached hydrogen (secondary N) is 2. The third-order valence-corrected chi connectivity index (χ3v) is 6.14. The zero-order chi connectivity index (χ0) is 26.7. The van der Waals surface area contributed by atoms with Gasteiger partial charge in [-0.2, -0.15) is 0 Å². The van der Waals surface area contributed by atoms with Crippen LogP contribution >= 0.6 is 11.6 Å². The highest BCUT2D eigenvalue weighted by Gasteiger charge is 2.20. The number of carbonyl (C=O) groups is 2. The number of hydrogen-bond donors (Lipinski definition) is 2. The van der Waals surface area contributed by atoms with Gasteiger partial charge in [0.05, 0.1) is 24.8 Å². The third-order valence-electron chi connectivity index (χ3n) is 5.90. The summed E-state index contributed by atoms with van der Waals surface area (Å²) in [6, 6.07) is 33.7. The monoisotopic (exact) mass is 527 g/mol. The van der Waals surface area contributed by atoms with Crippen molar-refractivity contribution in [3.63, 3.8) is 0 Å². The van der Waals surface area contributed by atoms with Crippen molar-refractivity contribution in [2.75, 3.05) is 18.0 Å². The molecule has 2 N–H and O–H groups in total. The molecule has 0 spiro atoms. The number of nitrogens with zero attached hydrogens (tertiary/aromatic N) is 1. The molecule has 194 valence electrons. The van der Waals surface area contributed by atoms with Crippen LogP contribution in [0.4, 0.5) is 5.69 Å². The minimum absolute atomic E-state index is 0.0308. The topological polar surface area (TPSA) is 70.7 Å². The molecule has 4 aromatic carbocycles. The van der Waals surface area contributed by atoms with Crippen LogP contribution in [0.5, 0.6) is 11.5 Å². The van der Waals surface area contributed by atoms with E-state index in [1.54, 1.807) is 17.0 Å². The fourth-order valence-corrected chi connectivity index (χ4v) is 4.22. The number of anilines is 1. The van der Waals surface area contributed by atoms with Crippen molar-refractivity contribution in [1.82, 2.24) is 10.6 Å². The fraction of sp³-hybridized carbons (Fsp3) is 0.161. The van der Waals surface area contributed by atoms with E-state index < -0.39 is 0 Å². The average Bonchev–Trinajstić information content (AvgIpc) is 2.93. The molecule has 2 amide bonds. The number of hydrogen-bond acceptors (Lipinski definition) is 4. The number of carbonyl (C=O) groups excluding carboxylic acids is 2. The van der Waals surface area contributed by atoms with Crippen molar-refractivity contribution in [2.45, 2.75) is 19.5 Å². The molecule has 1 unspecified atom stereocenters. The Hall–Kier alpha value is -4.29. The Labute approximate surface area is 228 Å². The second kappa shape index (κ2) is 13.3. The number of ether oxygens (including phenoxy) is 1. The highest BCUT2D eigenvalue weighted by molar-refractivity contribution is 6.30. The molecule has 0 saturated heterocycles. The summed E-state index contributed by atoms with van der Waals surface area (Å²) in [5.74, 6) is 0.764. The number of benzene rings is 4. The zero-order valence-electron chi connectivity index (χ0n) is 21.1. The van der Waals surface area contributed by atoms with Gasteiger partial charge < -0.3 is 20.3 Å². The van der Waals surface area contributed by atoms with E-state index in [1.807, 2.05) is 104 Å². The first-order chi connectivity index (χ1) is 18.5. The van der Waals surface area contributed by atoms with Gasteiger partial charge in [0.1, 0.15) is 5.75 Å². The maximum absolute atomic E-state index is 13.1. The summed E-state index contributed by atoms with van der Waals surface area (Å²) < 4.78 is 6.13. The summed E-state index contributed by atoms with van der Waals surface area (Å²) in [5.41, 5.74) is 2.52. The lowest BCUT2D eigenvalue weighted by Crippen LogP contribution is -2.43. The van der Waals surface area contributed by atoms with Gasteiger partial charge in [0.15, 0.2) is 5.75 Å². The normalized spacial score (nSPS) is 11.3. The molecule has 7 heteroatoms. The van der Waals surface area contributed by atoms with Gasteiger partial charge in [-0.3, -0.25) is 9.59 Å². The molecule has 4 rings (SSSR count). The third kappa shape index (κ3) is 7.85. The van der Waals surface area contributed by atoms with Gasteiger partial charge in [-0.25, -0.2) is 0 Å². The highest BCUT2D eigenvalue weighted by atomic mass is 35.5. The van der Waals surface area contributed by atoms with Crippen molar-refractivity contribution >= 4 is 29.1 Å². The molecule has 0 saturated carbocycles. The van der Waals surface area contributed by atoms with Crippen LogP contribution in [0, 0.1) is 0 Å². The van der Waals surface area contributed by atoms with E-state index in [-0.39, 0.29) is 30.9 Å². The van der Waals surface area contributed by atoms with Crippen molar-refractivity contribution in [2.24, 2.45) is 0 Å². The number of rotatable bonds is 11. The maximum atomic E-state index is 13.1. The first-order valence-electron chi connectivity index (χ1n) is 12.4. The van der Waals surface area contributed by atoms with E-state index in [1.165, 1.54) is 0 Å². The molecule has 1 atom stereocenters. The molecule has 0 heterocycles. The van der Waals surface area contributed by atoms with Crippen LogP contribution in [0.2, 0.25) is 5.02 Å². The summed E-state index contributed by atoms with van der Waals surface area (Å²) in [5, 5.41) is 6.56. The van der Waals surface area contributed by atoms with Gasteiger partial charge in [0, 0.05) is 11.6 Å². The number of amides is 2. The molecule has 0 radical (unpaired) electrons. The quantitative estimate of drug-likeness (QED) is 0.246. The van der Waals surface area contributed by atoms with Crippen LogP contribution in [0.15, 0.2) is 109 Å². The molecule has 4 aromatic rings. The lowest BCUT2D eigenvalue weighted by Gasteiger charge is -2.26. The largest absolute Gasteiger partial charge is 0.455 e. The minimum Gasteiger partial charge on any atom is -0.455 e. The number of para-hydroxylation sites is 3. The molecule has 0 bridgehead atoms. The Kier molecular flexibility index (Phi) is 9.37. The van der Waals surface area contributed by atoms with E-state index in [2.05, 4.69) is 10.6 Å². The van der Waals surface area contributed by atoms with Crippen molar-refractivity contribution in [3.05, 3.63) is 125 Å². The van der Waals surface area contributed by atoms with E-state index in [9.17, 15) is 9.59 Å². The Morgan fingerprint density at radius 2 is 1.47 bits per heavy atom. The molecule has 0 aliphatic rings. The van der Waals surface area contributed by atoms with E-state index in [4.69, 9.17) is 16.3 Å². The summed E-state index contributed by atoms with van der Waals surface area (Å²) in [4.78, 5) is 27.9. The predicted molar refractivity (Wildman–Crippen MR) is 151 cm³/mol. The maximum Gasteiger partial charge on any atom is 0.240 e. The van der Waals surface area contributed by atoms with Gasteiger partial charge in [0.25, 0.3) is 0 Å². The summed E-state index contributed by atoms with van der Waals surface area (Å²) in [7, 11) is 0. The van der Waals surface area contributed by atoms with Gasteiger partial charge in [0.2, 0.25) is 11.8 Å². The number of halogens is 1. The second-order valence-corrected chi connectivity index (χ2v) is 9.28. The van der Waals surface area contributed by atoms with Crippen molar-refractivity contribution in [1.29, 1.82) is 0 Å². The van der Waals surface area contributed by atoms with Crippen molar-refractivity contribution < 1.29 is 14.3 Å². The minimum atomic E-state index is -0.233. The van der Waals surface area contributed by atoms with Crippen LogP contribution in [-0.4, -0.2) is 24.9 Å². The highest BCUT2D eigenvalue weighted by Crippen LogP contribution is 2.32. The summed E-state index contributed by atoms with van der Waals surface area (Å²) in [6.07, 6.45) is 0. The van der Waals surface area contributed by atoms with Gasteiger partial charge >= 0.3 is 0 Å².